The molecule has 0 aliphatic heterocycles. The van der Waals surface area contributed by atoms with E-state index in [1.807, 2.05) is 24.2 Å². The Balaban J connectivity index is 3.14. The van der Waals surface area contributed by atoms with E-state index < -0.39 is 0 Å². The summed E-state index contributed by atoms with van der Waals surface area (Å²) in [4.78, 5) is 4.41. The summed E-state index contributed by atoms with van der Waals surface area (Å²) >= 11 is 4.11. The first kappa shape index (κ1) is 7.06. The Labute approximate surface area is 64.5 Å². The van der Waals surface area contributed by atoms with Crippen molar-refractivity contribution in [1.29, 1.82) is 5.41 Å². The van der Waals surface area contributed by atoms with Gasteiger partial charge in [-0.2, -0.15) is 4.99 Å². The summed E-state index contributed by atoms with van der Waals surface area (Å²) in [6.45, 7) is 0. The van der Waals surface area contributed by atoms with Crippen molar-refractivity contribution in [2.75, 3.05) is 0 Å². The standard InChI is InChI=1S/C7H6N2S/c8-5-9-6-3-1-2-4-7(6)10/h1-4,8,10H. The summed E-state index contributed by atoms with van der Waals surface area (Å²) in [6.07, 6.45) is 0. The fraction of sp³-hybridized carbons (Fsp3) is 0. The lowest BCUT2D eigenvalue weighted by molar-refractivity contribution is 1.38. The van der Waals surface area contributed by atoms with Crippen LogP contribution in [0.15, 0.2) is 34.2 Å². The molecule has 0 atom stereocenters. The maximum atomic E-state index is 6.59. The summed E-state index contributed by atoms with van der Waals surface area (Å²) in [5.74, 6) is 0. The zero-order valence-corrected chi connectivity index (χ0v) is 6.10. The van der Waals surface area contributed by atoms with E-state index in [9.17, 15) is 0 Å². The first-order chi connectivity index (χ1) is 4.84. The van der Waals surface area contributed by atoms with Crippen molar-refractivity contribution in [3.8, 4) is 0 Å². The largest absolute Gasteiger partial charge is 0.241 e. The van der Waals surface area contributed by atoms with Gasteiger partial charge >= 0.3 is 0 Å². The highest BCUT2D eigenvalue weighted by Gasteiger charge is 1.90. The Morgan fingerprint density at radius 2 is 2.10 bits per heavy atom. The number of thiol groups is 1. The highest BCUT2D eigenvalue weighted by atomic mass is 32.1. The minimum atomic E-state index is 0.681. The van der Waals surface area contributed by atoms with E-state index in [1.54, 1.807) is 6.07 Å². The normalized spacial score (nSPS) is 8.50. The number of nitrogens with zero attached hydrogens (tertiary/aromatic N) is 1. The van der Waals surface area contributed by atoms with Crippen LogP contribution in [0.2, 0.25) is 0 Å². The van der Waals surface area contributed by atoms with Crippen LogP contribution in [0.4, 0.5) is 5.69 Å². The maximum absolute atomic E-state index is 6.59. The quantitative estimate of drug-likeness (QED) is 0.455. The van der Waals surface area contributed by atoms with Gasteiger partial charge in [-0.05, 0) is 12.1 Å². The summed E-state index contributed by atoms with van der Waals surface area (Å²) in [6, 6.07) is 9.26. The van der Waals surface area contributed by atoms with Crippen molar-refractivity contribution in [3.05, 3.63) is 24.3 Å². The van der Waals surface area contributed by atoms with Crippen molar-refractivity contribution >= 4 is 24.3 Å². The van der Waals surface area contributed by atoms with Crippen LogP contribution in [0.3, 0.4) is 0 Å². The SMILES string of the molecule is N=C=Nc1ccccc1S. The van der Waals surface area contributed by atoms with Crippen molar-refractivity contribution in [2.24, 2.45) is 4.99 Å². The molecule has 50 valence electrons. The summed E-state index contributed by atoms with van der Waals surface area (Å²) in [5, 5.41) is 6.59. The van der Waals surface area contributed by atoms with Gasteiger partial charge in [0.2, 0.25) is 0 Å². The third kappa shape index (κ3) is 1.47. The molecule has 0 spiro atoms. The highest BCUT2D eigenvalue weighted by Crippen LogP contribution is 2.20. The second-order valence-corrected chi connectivity index (χ2v) is 2.19. The number of hydrogen-bond acceptors (Lipinski definition) is 3. The van der Waals surface area contributed by atoms with E-state index in [-0.39, 0.29) is 0 Å². The minimum Gasteiger partial charge on any atom is -0.241 e. The molecule has 0 amide bonds. The molecule has 0 saturated heterocycles. The Kier molecular flexibility index (Phi) is 2.26. The number of nitrogens with one attached hydrogen (secondary N) is 1. The van der Waals surface area contributed by atoms with Crippen LogP contribution in [0.25, 0.3) is 0 Å². The molecule has 0 aliphatic carbocycles. The summed E-state index contributed by atoms with van der Waals surface area (Å²) in [5.41, 5.74) is 0.681. The molecular formula is C7H6N2S. The molecule has 0 fully saturated rings. The average molecular weight is 150 g/mol. The molecular weight excluding hydrogens is 144 g/mol. The molecule has 0 aromatic heterocycles. The number of hydrogen-bond donors (Lipinski definition) is 2. The second-order valence-electron chi connectivity index (χ2n) is 1.71. The highest BCUT2D eigenvalue weighted by molar-refractivity contribution is 7.80. The molecule has 2 nitrogen and oxygen atoms in total. The van der Waals surface area contributed by atoms with Crippen LogP contribution in [-0.2, 0) is 0 Å². The van der Waals surface area contributed by atoms with Gasteiger partial charge in [-0.25, -0.2) is 5.41 Å². The van der Waals surface area contributed by atoms with E-state index in [2.05, 4.69) is 17.6 Å². The Hall–Kier alpha value is -1.05. The molecule has 0 radical (unpaired) electrons. The molecule has 0 heterocycles. The van der Waals surface area contributed by atoms with Crippen LogP contribution >= 0.6 is 12.6 Å². The second kappa shape index (κ2) is 3.20. The zero-order valence-electron chi connectivity index (χ0n) is 5.20. The predicted molar refractivity (Wildman–Crippen MR) is 43.5 cm³/mol. The fourth-order valence-electron chi connectivity index (χ4n) is 0.619. The number of benzene rings is 1. The van der Waals surface area contributed by atoms with Crippen LogP contribution in [0.1, 0.15) is 0 Å². The van der Waals surface area contributed by atoms with Crippen molar-refractivity contribution in [1.82, 2.24) is 0 Å². The van der Waals surface area contributed by atoms with Gasteiger partial charge in [0.05, 0.1) is 11.7 Å². The molecule has 3 heteroatoms. The zero-order chi connectivity index (χ0) is 7.40. The van der Waals surface area contributed by atoms with Gasteiger partial charge in [0.1, 0.15) is 0 Å². The van der Waals surface area contributed by atoms with Gasteiger partial charge in [-0.15, -0.1) is 12.6 Å². The lowest BCUT2D eigenvalue weighted by Gasteiger charge is -1.92. The van der Waals surface area contributed by atoms with Gasteiger partial charge in [0.15, 0.2) is 0 Å². The van der Waals surface area contributed by atoms with E-state index in [1.165, 1.54) is 0 Å². The molecule has 1 aromatic rings. The van der Waals surface area contributed by atoms with Crippen LogP contribution < -0.4 is 0 Å². The predicted octanol–water partition coefficient (Wildman–Crippen LogP) is 2.36. The van der Waals surface area contributed by atoms with Crippen molar-refractivity contribution < 1.29 is 0 Å². The van der Waals surface area contributed by atoms with E-state index in [0.717, 1.165) is 4.90 Å². The topological polar surface area (TPSA) is 36.2 Å². The van der Waals surface area contributed by atoms with Crippen LogP contribution in [0, 0.1) is 5.41 Å². The van der Waals surface area contributed by atoms with E-state index in [0.29, 0.717) is 5.69 Å². The Morgan fingerprint density at radius 1 is 1.40 bits per heavy atom. The van der Waals surface area contributed by atoms with Crippen LogP contribution in [-0.4, -0.2) is 6.01 Å². The Morgan fingerprint density at radius 3 is 2.70 bits per heavy atom. The molecule has 1 rings (SSSR count). The lowest BCUT2D eigenvalue weighted by Crippen LogP contribution is -1.65. The van der Waals surface area contributed by atoms with Gasteiger partial charge in [0, 0.05) is 4.90 Å². The molecule has 10 heavy (non-hydrogen) atoms. The maximum Gasteiger partial charge on any atom is 0.0918 e. The van der Waals surface area contributed by atoms with E-state index in [4.69, 9.17) is 5.41 Å². The molecule has 1 aromatic carbocycles. The van der Waals surface area contributed by atoms with Gasteiger partial charge < -0.3 is 0 Å². The minimum absolute atomic E-state index is 0.681. The van der Waals surface area contributed by atoms with Crippen molar-refractivity contribution in [2.45, 2.75) is 4.90 Å². The first-order valence-electron chi connectivity index (χ1n) is 2.75. The molecule has 0 unspecified atom stereocenters. The third-order valence-corrected chi connectivity index (χ3v) is 1.44. The lowest BCUT2D eigenvalue weighted by atomic mass is 10.3. The van der Waals surface area contributed by atoms with E-state index >= 15 is 0 Å². The van der Waals surface area contributed by atoms with Crippen LogP contribution in [0.5, 0.6) is 0 Å². The molecule has 1 N–H and O–H groups in total. The number of rotatable bonds is 1. The average Bonchev–Trinajstić information content (AvgIpc) is 1.94. The molecule has 0 aliphatic rings. The van der Waals surface area contributed by atoms with Crippen molar-refractivity contribution in [3.63, 3.8) is 0 Å². The molecule has 0 saturated carbocycles. The Bertz CT molecular complexity index is 277. The van der Waals surface area contributed by atoms with Gasteiger partial charge in [-0.3, -0.25) is 0 Å². The first-order valence-corrected chi connectivity index (χ1v) is 3.20. The molecule has 0 bridgehead atoms. The summed E-state index contributed by atoms with van der Waals surface area (Å²) in [7, 11) is 0. The monoisotopic (exact) mass is 150 g/mol. The van der Waals surface area contributed by atoms with Gasteiger partial charge in [0.25, 0.3) is 0 Å². The number of para-hydroxylation sites is 1. The summed E-state index contributed by atoms with van der Waals surface area (Å²) < 4.78 is 0. The smallest absolute Gasteiger partial charge is 0.0918 e. The fourth-order valence-corrected chi connectivity index (χ4v) is 0.830. The third-order valence-electron chi connectivity index (χ3n) is 1.06. The number of aliphatic imine (C=N–C) groups is 1. The van der Waals surface area contributed by atoms with Gasteiger partial charge in [-0.1, -0.05) is 12.1 Å².